The third-order valence-corrected chi connectivity index (χ3v) is 0.801. The van der Waals surface area contributed by atoms with Crippen molar-refractivity contribution in [3.8, 4) is 0 Å². The van der Waals surface area contributed by atoms with Gasteiger partial charge in [0.1, 0.15) is 0 Å². The molecule has 0 saturated carbocycles. The summed E-state index contributed by atoms with van der Waals surface area (Å²) in [5.41, 5.74) is -1.79. The van der Waals surface area contributed by atoms with Gasteiger partial charge in [-0.25, -0.2) is 4.79 Å². The molecule has 4 nitrogen and oxygen atoms in total. The van der Waals surface area contributed by atoms with Crippen LogP contribution >= 0.6 is 11.6 Å². The van der Waals surface area contributed by atoms with Crippen molar-refractivity contribution in [1.29, 1.82) is 0 Å². The quantitative estimate of drug-likeness (QED) is 0.322. The molecule has 0 fully saturated rings. The lowest BCUT2D eigenvalue weighted by atomic mass is 10.4. The molecule has 0 aliphatic rings. The first-order chi connectivity index (χ1) is 4.09. The first-order valence-corrected chi connectivity index (χ1v) is 2.47. The highest BCUT2D eigenvalue weighted by Gasteiger charge is 2.20. The van der Waals surface area contributed by atoms with Gasteiger partial charge in [0.15, 0.2) is 5.56 Å². The van der Waals surface area contributed by atoms with Gasteiger partial charge in [0.05, 0.1) is 7.11 Å². The number of Topliss-reactive ketones (excluding diaryl/α,β-unsaturated/α-hetero) is 1. The Morgan fingerprint density at radius 3 is 2.22 bits per heavy atom. The molecule has 0 aliphatic heterocycles. The Bertz CT molecular complexity index is 131. The van der Waals surface area contributed by atoms with Gasteiger partial charge in [-0.15, -0.1) is 0 Å². The van der Waals surface area contributed by atoms with Crippen molar-refractivity contribution in [3.05, 3.63) is 0 Å². The summed E-state index contributed by atoms with van der Waals surface area (Å²) in [6.45, 7) is 0. The van der Waals surface area contributed by atoms with Crippen molar-refractivity contribution in [2.75, 3.05) is 7.11 Å². The van der Waals surface area contributed by atoms with E-state index in [4.69, 9.17) is 16.7 Å². The van der Waals surface area contributed by atoms with E-state index in [0.717, 1.165) is 7.11 Å². The second-order valence-electron chi connectivity index (χ2n) is 1.19. The second kappa shape index (κ2) is 3.42. The molecular weight excluding hydrogens is 147 g/mol. The summed E-state index contributed by atoms with van der Waals surface area (Å²) in [7, 11) is 1.03. The molecule has 1 unspecified atom stereocenters. The first kappa shape index (κ1) is 8.39. The van der Waals surface area contributed by atoms with E-state index in [-0.39, 0.29) is 0 Å². The van der Waals surface area contributed by atoms with Gasteiger partial charge >= 0.3 is 5.97 Å². The van der Waals surface area contributed by atoms with E-state index < -0.39 is 17.3 Å². The van der Waals surface area contributed by atoms with Crippen molar-refractivity contribution >= 4 is 23.4 Å². The van der Waals surface area contributed by atoms with Crippen LogP contribution in [0.2, 0.25) is 0 Å². The number of aliphatic hydroxyl groups excluding tert-OH is 1. The van der Waals surface area contributed by atoms with Crippen molar-refractivity contribution in [1.82, 2.24) is 0 Å². The highest BCUT2D eigenvalue weighted by atomic mass is 35.5. The van der Waals surface area contributed by atoms with Crippen LogP contribution in [0.4, 0.5) is 0 Å². The van der Waals surface area contributed by atoms with Crippen molar-refractivity contribution < 1.29 is 19.4 Å². The zero-order chi connectivity index (χ0) is 7.44. The van der Waals surface area contributed by atoms with Crippen LogP contribution in [0, 0.1) is 0 Å². The SMILES string of the molecule is COC(=O)C(=O)C(O)Cl. The number of hydrogen-bond acceptors (Lipinski definition) is 4. The van der Waals surface area contributed by atoms with E-state index >= 15 is 0 Å². The first-order valence-electron chi connectivity index (χ1n) is 2.04. The van der Waals surface area contributed by atoms with E-state index in [0.29, 0.717) is 0 Å². The lowest BCUT2D eigenvalue weighted by Crippen LogP contribution is -2.24. The molecule has 0 heterocycles. The fourth-order valence-corrected chi connectivity index (χ4v) is 0.287. The summed E-state index contributed by atoms with van der Waals surface area (Å²) in [5.74, 6) is -2.29. The summed E-state index contributed by atoms with van der Waals surface area (Å²) in [6, 6.07) is 0. The van der Waals surface area contributed by atoms with Crippen LogP contribution in [-0.4, -0.2) is 29.5 Å². The number of alkyl halides is 1. The number of hydrogen-bond donors (Lipinski definition) is 1. The number of rotatable bonds is 2. The fourth-order valence-electron chi connectivity index (χ4n) is 0.198. The number of esters is 1. The Kier molecular flexibility index (Phi) is 3.19. The van der Waals surface area contributed by atoms with Crippen LogP contribution in [0.25, 0.3) is 0 Å². The van der Waals surface area contributed by atoms with E-state index in [2.05, 4.69) is 4.74 Å². The molecule has 0 aromatic heterocycles. The Labute approximate surface area is 56.4 Å². The van der Waals surface area contributed by atoms with Gasteiger partial charge in [-0.1, -0.05) is 11.6 Å². The standard InChI is InChI=1S/C4H5ClO4/c1-9-4(8)2(6)3(5)7/h3,7H,1H3. The molecule has 0 radical (unpaired) electrons. The average molecular weight is 153 g/mol. The van der Waals surface area contributed by atoms with Crippen LogP contribution in [0.1, 0.15) is 0 Å². The molecule has 0 aromatic rings. The topological polar surface area (TPSA) is 63.6 Å². The highest BCUT2D eigenvalue weighted by molar-refractivity contribution is 6.46. The Morgan fingerprint density at radius 2 is 2.11 bits per heavy atom. The van der Waals surface area contributed by atoms with Crippen LogP contribution in [0.3, 0.4) is 0 Å². The average Bonchev–Trinajstić information content (AvgIpc) is 1.84. The number of methoxy groups -OCH3 is 1. The van der Waals surface area contributed by atoms with E-state index in [1.54, 1.807) is 0 Å². The molecule has 0 rings (SSSR count). The molecular formula is C4H5ClO4. The maximum absolute atomic E-state index is 10.2. The summed E-state index contributed by atoms with van der Waals surface area (Å²) in [6.07, 6.45) is 0. The summed E-state index contributed by atoms with van der Waals surface area (Å²) < 4.78 is 3.94. The van der Waals surface area contributed by atoms with Crippen LogP contribution in [-0.2, 0) is 14.3 Å². The zero-order valence-electron chi connectivity index (χ0n) is 4.63. The molecule has 52 valence electrons. The largest absolute Gasteiger partial charge is 0.463 e. The number of aliphatic hydroxyl groups is 1. The Balaban J connectivity index is 3.89. The smallest absolute Gasteiger partial charge is 0.378 e. The van der Waals surface area contributed by atoms with Gasteiger partial charge in [-0.2, -0.15) is 0 Å². The van der Waals surface area contributed by atoms with Crippen molar-refractivity contribution in [3.63, 3.8) is 0 Å². The zero-order valence-corrected chi connectivity index (χ0v) is 5.38. The normalized spacial score (nSPS) is 12.3. The van der Waals surface area contributed by atoms with Gasteiger partial charge < -0.3 is 9.84 Å². The molecule has 0 aliphatic carbocycles. The minimum Gasteiger partial charge on any atom is -0.463 e. The summed E-state index contributed by atoms with van der Waals surface area (Å²) >= 11 is 4.81. The monoisotopic (exact) mass is 152 g/mol. The molecule has 1 N–H and O–H groups in total. The summed E-state index contributed by atoms with van der Waals surface area (Å²) in [4.78, 5) is 20.4. The maximum atomic E-state index is 10.2. The van der Waals surface area contributed by atoms with Crippen molar-refractivity contribution in [2.45, 2.75) is 5.56 Å². The van der Waals surface area contributed by atoms with Crippen LogP contribution < -0.4 is 0 Å². The fraction of sp³-hybridized carbons (Fsp3) is 0.500. The lowest BCUT2D eigenvalue weighted by Gasteiger charge is -1.96. The molecule has 9 heavy (non-hydrogen) atoms. The third kappa shape index (κ3) is 2.43. The number of carbonyl (C=O) groups excluding carboxylic acids is 2. The lowest BCUT2D eigenvalue weighted by molar-refractivity contribution is -0.153. The minimum atomic E-state index is -1.79. The predicted molar refractivity (Wildman–Crippen MR) is 28.9 cm³/mol. The number of ether oxygens (including phenoxy) is 1. The summed E-state index contributed by atoms with van der Waals surface area (Å²) in [5, 5.41) is 8.24. The predicted octanol–water partition coefficient (Wildman–Crippen LogP) is -0.714. The van der Waals surface area contributed by atoms with Gasteiger partial charge in [-0.05, 0) is 0 Å². The number of halogens is 1. The molecule has 0 saturated heterocycles. The van der Waals surface area contributed by atoms with Crippen molar-refractivity contribution in [2.24, 2.45) is 0 Å². The molecule has 0 bridgehead atoms. The molecule has 0 amide bonds. The minimum absolute atomic E-state index is 1.03. The number of carbonyl (C=O) groups is 2. The van der Waals surface area contributed by atoms with Gasteiger partial charge in [-0.3, -0.25) is 4.79 Å². The van der Waals surface area contributed by atoms with E-state index in [1.807, 2.05) is 0 Å². The van der Waals surface area contributed by atoms with Gasteiger partial charge in [0.2, 0.25) is 0 Å². The maximum Gasteiger partial charge on any atom is 0.378 e. The van der Waals surface area contributed by atoms with Gasteiger partial charge in [0.25, 0.3) is 5.78 Å². The highest BCUT2D eigenvalue weighted by Crippen LogP contribution is 1.92. The van der Waals surface area contributed by atoms with Crippen LogP contribution in [0.5, 0.6) is 0 Å². The molecule has 0 aromatic carbocycles. The van der Waals surface area contributed by atoms with E-state index in [1.165, 1.54) is 0 Å². The second-order valence-corrected chi connectivity index (χ2v) is 1.61. The number of ketones is 1. The van der Waals surface area contributed by atoms with E-state index in [9.17, 15) is 9.59 Å². The molecule has 0 spiro atoms. The molecule has 5 heteroatoms. The Morgan fingerprint density at radius 1 is 1.67 bits per heavy atom. The Hall–Kier alpha value is -0.610. The van der Waals surface area contributed by atoms with Crippen LogP contribution in [0.15, 0.2) is 0 Å². The molecule has 1 atom stereocenters. The third-order valence-electron chi connectivity index (χ3n) is 0.603. The van der Waals surface area contributed by atoms with Gasteiger partial charge in [0, 0.05) is 0 Å².